The zero-order valence-electron chi connectivity index (χ0n) is 21.6. The molecule has 0 radical (unpaired) electrons. The van der Waals surface area contributed by atoms with Gasteiger partial charge >= 0.3 is 0 Å². The van der Waals surface area contributed by atoms with Gasteiger partial charge in [-0.15, -0.1) is 0 Å². The number of amides is 1. The molecule has 1 unspecified atom stereocenters. The lowest BCUT2D eigenvalue weighted by molar-refractivity contribution is -0.115. The van der Waals surface area contributed by atoms with Crippen LogP contribution in [0.4, 0.5) is 14.5 Å². The third-order valence-electron chi connectivity index (χ3n) is 6.37. The largest absolute Gasteiger partial charge is 0.480 e. The Morgan fingerprint density at radius 1 is 1.11 bits per heavy atom. The molecule has 4 rings (SSSR count). The number of halogens is 3. The van der Waals surface area contributed by atoms with Crippen molar-refractivity contribution in [3.05, 3.63) is 88.2 Å². The highest BCUT2D eigenvalue weighted by Crippen LogP contribution is 2.33. The van der Waals surface area contributed by atoms with E-state index >= 15 is 0 Å². The van der Waals surface area contributed by atoms with E-state index in [9.17, 15) is 18.7 Å². The monoisotopic (exact) mass is 541 g/mol. The lowest BCUT2D eigenvalue weighted by Gasteiger charge is -2.24. The second-order valence-corrected chi connectivity index (χ2v) is 10.1. The Bertz CT molecular complexity index is 1430. The van der Waals surface area contributed by atoms with Crippen molar-refractivity contribution in [2.75, 3.05) is 5.32 Å². The van der Waals surface area contributed by atoms with Gasteiger partial charge in [0.1, 0.15) is 11.9 Å². The fraction of sp³-hybridized carbons (Fsp3) is 0.310. The van der Waals surface area contributed by atoms with Crippen LogP contribution in [0.3, 0.4) is 0 Å². The predicted octanol–water partition coefficient (Wildman–Crippen LogP) is 6.75. The molecule has 9 heteroatoms. The molecule has 200 valence electrons. The molecule has 6 nitrogen and oxygen atoms in total. The molecule has 0 fully saturated rings. The van der Waals surface area contributed by atoms with Crippen molar-refractivity contribution in [3.8, 4) is 5.75 Å². The number of hydrogen-bond donors (Lipinski definition) is 3. The maximum atomic E-state index is 13.9. The molecule has 0 spiro atoms. The predicted molar refractivity (Wildman–Crippen MR) is 145 cm³/mol. The fourth-order valence-corrected chi connectivity index (χ4v) is 4.44. The lowest BCUT2D eigenvalue weighted by Crippen LogP contribution is -2.27. The number of nitrogens with zero attached hydrogens (tertiary/aromatic N) is 1. The van der Waals surface area contributed by atoms with E-state index < -0.39 is 17.6 Å². The summed E-state index contributed by atoms with van der Waals surface area (Å²) in [5.41, 5.74) is 2.79. The number of carbonyl (C=O) groups excluding carboxylic acids is 1. The molecule has 1 aromatic heterocycles. The number of ether oxygens (including phenoxy) is 1. The minimum absolute atomic E-state index is 0.0155. The zero-order valence-corrected chi connectivity index (χ0v) is 22.4. The van der Waals surface area contributed by atoms with E-state index in [4.69, 9.17) is 21.3 Å². The number of aromatic amines is 1. The van der Waals surface area contributed by atoms with Crippen LogP contribution in [0, 0.1) is 0 Å². The Kier molecular flexibility index (Phi) is 7.76. The van der Waals surface area contributed by atoms with E-state index in [0.29, 0.717) is 27.8 Å². The van der Waals surface area contributed by atoms with Gasteiger partial charge < -0.3 is 20.1 Å². The minimum atomic E-state index is -3.35. The van der Waals surface area contributed by atoms with Crippen LogP contribution in [0.2, 0.25) is 5.02 Å². The normalized spacial score (nSPS) is 12.9. The molecular formula is C29H30ClF2N3O3. The maximum Gasteiger partial charge on any atom is 0.298 e. The van der Waals surface area contributed by atoms with Gasteiger partial charge in [0.25, 0.3) is 5.92 Å². The Morgan fingerprint density at radius 2 is 1.76 bits per heavy atom. The van der Waals surface area contributed by atoms with Gasteiger partial charge in [0.15, 0.2) is 11.4 Å². The molecule has 0 saturated heterocycles. The maximum absolute atomic E-state index is 13.9. The van der Waals surface area contributed by atoms with Crippen molar-refractivity contribution >= 4 is 34.2 Å². The molecule has 38 heavy (non-hydrogen) atoms. The SMILES string of the molecule is CCc1c(Cl)ccc2[nH]c(C(C)(C)Oc3ccc(NC(=O)Cc4ccc(C(F)(F)C(C)O)cc4)cc3)nc12. The number of alkyl halides is 2. The van der Waals surface area contributed by atoms with Crippen LogP contribution in [0.15, 0.2) is 60.7 Å². The Morgan fingerprint density at radius 3 is 2.37 bits per heavy atom. The summed E-state index contributed by atoms with van der Waals surface area (Å²) in [7, 11) is 0. The minimum Gasteiger partial charge on any atom is -0.480 e. The van der Waals surface area contributed by atoms with Crippen molar-refractivity contribution in [1.29, 1.82) is 0 Å². The van der Waals surface area contributed by atoms with Gasteiger partial charge in [0, 0.05) is 16.3 Å². The first kappa shape index (κ1) is 27.5. The number of aliphatic hydroxyl groups is 1. The van der Waals surface area contributed by atoms with E-state index in [1.165, 1.54) is 24.3 Å². The standard InChI is InChI=1S/C29H30ClF2N3O3/c1-5-22-23(30)14-15-24-26(22)35-27(34-24)28(3,4)38-21-12-10-20(11-13-21)33-25(37)16-18-6-8-19(9-7-18)29(31,32)17(2)36/h6-15,17,36H,5,16H2,1-4H3,(H,33,37)(H,34,35). The highest BCUT2D eigenvalue weighted by atomic mass is 35.5. The number of fused-ring (bicyclic) bond motifs is 1. The number of aryl methyl sites for hydroxylation is 1. The average Bonchev–Trinajstić information content (AvgIpc) is 3.31. The number of aliphatic hydroxyl groups excluding tert-OH is 1. The van der Waals surface area contributed by atoms with Crippen LogP contribution in [-0.4, -0.2) is 27.1 Å². The lowest BCUT2D eigenvalue weighted by atomic mass is 10.0. The van der Waals surface area contributed by atoms with Crippen molar-refractivity contribution in [3.63, 3.8) is 0 Å². The van der Waals surface area contributed by atoms with Gasteiger partial charge in [-0.2, -0.15) is 8.78 Å². The number of carbonyl (C=O) groups is 1. The summed E-state index contributed by atoms with van der Waals surface area (Å²) in [6, 6.07) is 16.1. The van der Waals surface area contributed by atoms with Gasteiger partial charge in [-0.05, 0) is 74.7 Å². The van der Waals surface area contributed by atoms with Gasteiger partial charge in [-0.1, -0.05) is 42.8 Å². The van der Waals surface area contributed by atoms with Crippen LogP contribution in [0.5, 0.6) is 5.75 Å². The number of aromatic nitrogens is 2. The molecule has 0 saturated carbocycles. The first-order valence-electron chi connectivity index (χ1n) is 12.3. The quantitative estimate of drug-likeness (QED) is 0.219. The van der Waals surface area contributed by atoms with Crippen LogP contribution in [-0.2, 0) is 29.2 Å². The Hall–Kier alpha value is -3.49. The number of H-pyrrole nitrogens is 1. The smallest absolute Gasteiger partial charge is 0.298 e. The Balaban J connectivity index is 1.39. The molecule has 0 aliphatic heterocycles. The van der Waals surface area contributed by atoms with Crippen LogP contribution in [0.1, 0.15) is 50.2 Å². The second kappa shape index (κ2) is 10.7. The summed E-state index contributed by atoms with van der Waals surface area (Å²) in [6.07, 6.45) is -1.03. The molecule has 3 N–H and O–H groups in total. The van der Waals surface area contributed by atoms with Crippen LogP contribution < -0.4 is 10.1 Å². The van der Waals surface area contributed by atoms with Gasteiger partial charge in [-0.3, -0.25) is 4.79 Å². The molecule has 0 aliphatic carbocycles. The third-order valence-corrected chi connectivity index (χ3v) is 6.72. The Labute approximate surface area is 225 Å². The highest BCUT2D eigenvalue weighted by Gasteiger charge is 2.37. The van der Waals surface area contributed by atoms with E-state index in [2.05, 4.69) is 10.3 Å². The van der Waals surface area contributed by atoms with Crippen LogP contribution >= 0.6 is 11.6 Å². The number of nitrogens with one attached hydrogen (secondary N) is 2. The first-order chi connectivity index (χ1) is 17.9. The van der Waals surface area contributed by atoms with E-state index in [0.717, 1.165) is 29.9 Å². The van der Waals surface area contributed by atoms with E-state index in [1.54, 1.807) is 24.3 Å². The molecule has 3 aromatic carbocycles. The number of anilines is 1. The van der Waals surface area contributed by atoms with E-state index in [-0.39, 0.29) is 17.9 Å². The van der Waals surface area contributed by atoms with Gasteiger partial charge in [0.2, 0.25) is 5.91 Å². The van der Waals surface area contributed by atoms with Crippen molar-refractivity contribution in [2.45, 2.75) is 58.2 Å². The number of imidazole rings is 1. The number of rotatable bonds is 9. The summed E-state index contributed by atoms with van der Waals surface area (Å²) >= 11 is 6.33. The van der Waals surface area contributed by atoms with Crippen LogP contribution in [0.25, 0.3) is 11.0 Å². The molecule has 0 aliphatic rings. The fourth-order valence-electron chi connectivity index (χ4n) is 4.15. The molecule has 4 aromatic rings. The van der Waals surface area contributed by atoms with Crippen molar-refractivity contribution in [1.82, 2.24) is 9.97 Å². The summed E-state index contributed by atoms with van der Waals surface area (Å²) in [6.45, 7) is 6.90. The molecular weight excluding hydrogens is 512 g/mol. The topological polar surface area (TPSA) is 87.2 Å². The van der Waals surface area contributed by atoms with Gasteiger partial charge in [-0.25, -0.2) is 4.98 Å². The van der Waals surface area contributed by atoms with E-state index in [1.807, 2.05) is 32.9 Å². The molecule has 1 heterocycles. The molecule has 0 bridgehead atoms. The molecule has 1 amide bonds. The second-order valence-electron chi connectivity index (χ2n) is 9.72. The first-order valence-corrected chi connectivity index (χ1v) is 12.7. The summed E-state index contributed by atoms with van der Waals surface area (Å²) in [5.74, 6) is -2.38. The zero-order chi connectivity index (χ0) is 27.7. The summed E-state index contributed by atoms with van der Waals surface area (Å²) in [5, 5.41) is 12.8. The summed E-state index contributed by atoms with van der Waals surface area (Å²) < 4.78 is 34.1. The average molecular weight is 542 g/mol. The van der Waals surface area contributed by atoms with Crippen molar-refractivity contribution in [2.24, 2.45) is 0 Å². The summed E-state index contributed by atoms with van der Waals surface area (Å²) in [4.78, 5) is 20.6. The van der Waals surface area contributed by atoms with Crippen molar-refractivity contribution < 1.29 is 23.4 Å². The molecule has 1 atom stereocenters. The highest BCUT2D eigenvalue weighted by molar-refractivity contribution is 6.32. The van der Waals surface area contributed by atoms with Gasteiger partial charge in [0.05, 0.1) is 17.5 Å². The number of hydrogen-bond acceptors (Lipinski definition) is 4. The number of benzene rings is 3. The third kappa shape index (κ3) is 5.81.